The van der Waals surface area contributed by atoms with Gasteiger partial charge in [-0.25, -0.2) is 0 Å². The molecule has 4 rings (SSSR count). The smallest absolute Gasteiger partial charge is 0.0903 e. The predicted molar refractivity (Wildman–Crippen MR) is 108 cm³/mol. The number of rotatable bonds is 4. The summed E-state index contributed by atoms with van der Waals surface area (Å²) in [6.45, 7) is 4.81. The van der Waals surface area contributed by atoms with Crippen molar-refractivity contribution in [2.24, 2.45) is 5.92 Å². The SMILES string of the molecule is CCC1CCC(CCn2c3ccccc3c3ccccc32)[N+](C)(C)C1.[I-]. The largest absolute Gasteiger partial charge is 1.00 e. The summed E-state index contributed by atoms with van der Waals surface area (Å²) in [5.41, 5.74) is 2.77. The fraction of sp³-hybridized carbons (Fsp3) is 0.478. The average molecular weight is 462 g/mol. The van der Waals surface area contributed by atoms with Crippen molar-refractivity contribution < 1.29 is 28.5 Å². The molecule has 0 amide bonds. The van der Waals surface area contributed by atoms with Crippen LogP contribution in [0.4, 0.5) is 0 Å². The zero-order valence-corrected chi connectivity index (χ0v) is 18.4. The molecule has 26 heavy (non-hydrogen) atoms. The summed E-state index contributed by atoms with van der Waals surface area (Å²) in [6.07, 6.45) is 5.39. The number of quaternary nitrogens is 1. The molecule has 2 unspecified atom stereocenters. The Labute approximate surface area is 174 Å². The van der Waals surface area contributed by atoms with Crippen LogP contribution in [-0.4, -0.2) is 35.7 Å². The maximum atomic E-state index is 2.55. The molecule has 3 aromatic rings. The van der Waals surface area contributed by atoms with Gasteiger partial charge in [-0.05, 0) is 31.4 Å². The number of nitrogens with zero attached hydrogens (tertiary/aromatic N) is 2. The molecule has 0 bridgehead atoms. The number of fused-ring (bicyclic) bond motifs is 3. The van der Waals surface area contributed by atoms with Crippen molar-refractivity contribution in [2.45, 2.75) is 45.2 Å². The van der Waals surface area contributed by atoms with Gasteiger partial charge in [-0.3, -0.25) is 0 Å². The Morgan fingerprint density at radius 1 is 0.923 bits per heavy atom. The van der Waals surface area contributed by atoms with Crippen LogP contribution in [0.15, 0.2) is 48.5 Å². The Kier molecular flexibility index (Phi) is 5.97. The lowest BCUT2D eigenvalue weighted by Gasteiger charge is -2.45. The summed E-state index contributed by atoms with van der Waals surface area (Å²) < 4.78 is 3.74. The first-order chi connectivity index (χ1) is 12.1. The monoisotopic (exact) mass is 462 g/mol. The molecule has 1 aliphatic heterocycles. The molecule has 2 nitrogen and oxygen atoms in total. The van der Waals surface area contributed by atoms with Crippen LogP contribution in [0.5, 0.6) is 0 Å². The van der Waals surface area contributed by atoms with Gasteiger partial charge in [0.2, 0.25) is 0 Å². The van der Waals surface area contributed by atoms with Crippen molar-refractivity contribution in [3.8, 4) is 0 Å². The molecular weight excluding hydrogens is 431 g/mol. The van der Waals surface area contributed by atoms with Crippen LogP contribution in [-0.2, 0) is 6.54 Å². The number of piperidine rings is 1. The molecule has 1 saturated heterocycles. The minimum absolute atomic E-state index is 0. The molecule has 0 radical (unpaired) electrons. The first-order valence-electron chi connectivity index (χ1n) is 9.89. The predicted octanol–water partition coefficient (Wildman–Crippen LogP) is 2.45. The number of benzene rings is 2. The van der Waals surface area contributed by atoms with Gasteiger partial charge in [-0.15, -0.1) is 0 Å². The quantitative estimate of drug-likeness (QED) is 0.415. The molecule has 2 heterocycles. The van der Waals surface area contributed by atoms with Crippen LogP contribution in [0, 0.1) is 5.92 Å². The first kappa shape index (κ1) is 19.7. The molecule has 1 aromatic heterocycles. The van der Waals surface area contributed by atoms with E-state index in [9.17, 15) is 0 Å². The second-order valence-corrected chi connectivity index (χ2v) is 8.44. The number of halogens is 1. The normalized spacial score (nSPS) is 22.4. The highest BCUT2D eigenvalue weighted by Gasteiger charge is 2.35. The minimum Gasteiger partial charge on any atom is -1.00 e. The van der Waals surface area contributed by atoms with E-state index in [4.69, 9.17) is 0 Å². The van der Waals surface area contributed by atoms with Crippen LogP contribution in [0.2, 0.25) is 0 Å². The van der Waals surface area contributed by atoms with Crippen molar-refractivity contribution in [1.82, 2.24) is 4.57 Å². The fourth-order valence-corrected chi connectivity index (χ4v) is 5.03. The highest BCUT2D eigenvalue weighted by molar-refractivity contribution is 6.07. The Hall–Kier alpha value is -1.07. The van der Waals surface area contributed by atoms with Crippen molar-refractivity contribution in [3.63, 3.8) is 0 Å². The van der Waals surface area contributed by atoms with Crippen LogP contribution >= 0.6 is 0 Å². The summed E-state index contributed by atoms with van der Waals surface area (Å²) in [5, 5.41) is 2.78. The molecule has 0 aliphatic carbocycles. The van der Waals surface area contributed by atoms with E-state index in [1.807, 2.05) is 0 Å². The first-order valence-corrected chi connectivity index (χ1v) is 9.89. The van der Waals surface area contributed by atoms with Gasteiger partial charge in [0, 0.05) is 40.7 Å². The van der Waals surface area contributed by atoms with Crippen molar-refractivity contribution >= 4 is 21.8 Å². The van der Waals surface area contributed by atoms with E-state index in [2.05, 4.69) is 74.1 Å². The summed E-state index contributed by atoms with van der Waals surface area (Å²) in [6, 6.07) is 18.5. The van der Waals surface area contributed by atoms with E-state index >= 15 is 0 Å². The van der Waals surface area contributed by atoms with E-state index in [0.717, 1.165) is 18.5 Å². The fourth-order valence-electron chi connectivity index (χ4n) is 5.03. The number of aryl methyl sites for hydroxylation is 1. The van der Waals surface area contributed by atoms with Crippen LogP contribution in [0.1, 0.15) is 32.6 Å². The average Bonchev–Trinajstić information content (AvgIpc) is 2.94. The van der Waals surface area contributed by atoms with Gasteiger partial charge in [0.25, 0.3) is 0 Å². The van der Waals surface area contributed by atoms with E-state index in [0.29, 0.717) is 0 Å². The van der Waals surface area contributed by atoms with Crippen molar-refractivity contribution in [3.05, 3.63) is 48.5 Å². The van der Waals surface area contributed by atoms with Crippen LogP contribution < -0.4 is 24.0 Å². The topological polar surface area (TPSA) is 4.93 Å². The standard InChI is InChI=1S/C23H31N2.HI/c1-4-18-13-14-19(25(2,3)17-18)15-16-24-22-11-7-5-9-20(22)21-10-6-8-12-23(21)24;/h5-12,18-19H,4,13-17H2,1-3H3;1H/q+1;/p-1. The highest BCUT2D eigenvalue weighted by Crippen LogP contribution is 2.32. The Morgan fingerprint density at radius 3 is 2.04 bits per heavy atom. The zero-order valence-electron chi connectivity index (χ0n) is 16.3. The number of aromatic nitrogens is 1. The maximum absolute atomic E-state index is 2.55. The summed E-state index contributed by atoms with van der Waals surface area (Å²) in [7, 11) is 4.89. The highest BCUT2D eigenvalue weighted by atomic mass is 127. The van der Waals surface area contributed by atoms with E-state index < -0.39 is 0 Å². The number of hydrogen-bond donors (Lipinski definition) is 0. The van der Waals surface area contributed by atoms with Crippen LogP contribution in [0.25, 0.3) is 21.8 Å². The van der Waals surface area contributed by atoms with Gasteiger partial charge in [-0.1, -0.05) is 43.3 Å². The Morgan fingerprint density at radius 2 is 1.50 bits per heavy atom. The lowest BCUT2D eigenvalue weighted by atomic mass is 9.88. The second kappa shape index (κ2) is 7.89. The minimum atomic E-state index is 0. The summed E-state index contributed by atoms with van der Waals surface area (Å²) in [5.74, 6) is 0.916. The van der Waals surface area contributed by atoms with Gasteiger partial charge in [0.05, 0.1) is 26.7 Å². The van der Waals surface area contributed by atoms with Gasteiger partial charge < -0.3 is 33.0 Å². The Balaban J connectivity index is 0.00000196. The van der Waals surface area contributed by atoms with Gasteiger partial charge in [-0.2, -0.15) is 0 Å². The zero-order chi connectivity index (χ0) is 17.4. The van der Waals surface area contributed by atoms with Crippen molar-refractivity contribution in [1.29, 1.82) is 0 Å². The lowest BCUT2D eigenvalue weighted by molar-refractivity contribution is -0.924. The third-order valence-corrected chi connectivity index (χ3v) is 6.57. The van der Waals surface area contributed by atoms with E-state index in [-0.39, 0.29) is 24.0 Å². The molecule has 0 saturated carbocycles. The molecule has 2 atom stereocenters. The number of para-hydroxylation sites is 2. The number of hydrogen-bond acceptors (Lipinski definition) is 0. The maximum Gasteiger partial charge on any atom is 0.0903 e. The van der Waals surface area contributed by atoms with Crippen LogP contribution in [0.3, 0.4) is 0 Å². The third kappa shape index (κ3) is 3.53. The lowest BCUT2D eigenvalue weighted by Crippen LogP contribution is -3.00. The molecule has 3 heteroatoms. The summed E-state index contributed by atoms with van der Waals surface area (Å²) in [4.78, 5) is 0. The molecular formula is C23H31IN2. The van der Waals surface area contributed by atoms with Crippen molar-refractivity contribution in [2.75, 3.05) is 20.6 Å². The van der Waals surface area contributed by atoms with E-state index in [1.54, 1.807) is 0 Å². The second-order valence-electron chi connectivity index (χ2n) is 8.44. The molecule has 1 fully saturated rings. The molecule has 0 spiro atoms. The summed E-state index contributed by atoms with van der Waals surface area (Å²) >= 11 is 0. The van der Waals surface area contributed by atoms with E-state index in [1.165, 1.54) is 58.5 Å². The number of likely N-dealkylation sites (tertiary alicyclic amines) is 1. The molecule has 140 valence electrons. The van der Waals surface area contributed by atoms with Gasteiger partial charge in [0.1, 0.15) is 0 Å². The molecule has 0 N–H and O–H groups in total. The molecule has 2 aromatic carbocycles. The van der Waals surface area contributed by atoms with Gasteiger partial charge >= 0.3 is 0 Å². The van der Waals surface area contributed by atoms with Gasteiger partial charge in [0.15, 0.2) is 0 Å². The Bertz CT molecular complexity index is 827. The molecule has 1 aliphatic rings. The third-order valence-electron chi connectivity index (χ3n) is 6.57.